The highest BCUT2D eigenvalue weighted by atomic mass is 127. The standard InChI is InChI=1S/C16H33N5O.HI/c1-6-7-17-16(18-12-15(22)19(4)5)21-10-8-20(9-11-21)13-14(2)3;/h14H,6-13H2,1-5H3,(H,17,18);1H. The lowest BCUT2D eigenvalue weighted by molar-refractivity contribution is -0.127. The molecule has 0 unspecified atom stereocenters. The molecule has 23 heavy (non-hydrogen) atoms. The van der Waals surface area contributed by atoms with E-state index in [1.54, 1.807) is 19.0 Å². The summed E-state index contributed by atoms with van der Waals surface area (Å²) in [6.45, 7) is 13.0. The predicted octanol–water partition coefficient (Wildman–Crippen LogP) is 1.32. The second-order valence-electron chi connectivity index (χ2n) is 6.54. The van der Waals surface area contributed by atoms with Crippen molar-refractivity contribution in [3.05, 3.63) is 0 Å². The van der Waals surface area contributed by atoms with Gasteiger partial charge in [-0.05, 0) is 12.3 Å². The average molecular weight is 439 g/mol. The fourth-order valence-electron chi connectivity index (χ4n) is 2.45. The summed E-state index contributed by atoms with van der Waals surface area (Å²) >= 11 is 0. The van der Waals surface area contributed by atoms with Crippen LogP contribution in [0.15, 0.2) is 4.99 Å². The van der Waals surface area contributed by atoms with E-state index in [9.17, 15) is 4.79 Å². The molecular formula is C16H34IN5O. The van der Waals surface area contributed by atoms with Gasteiger partial charge >= 0.3 is 0 Å². The molecule has 1 saturated heterocycles. The number of hydrogen-bond acceptors (Lipinski definition) is 3. The summed E-state index contributed by atoms with van der Waals surface area (Å²) in [7, 11) is 3.53. The van der Waals surface area contributed by atoms with Gasteiger partial charge in [-0.2, -0.15) is 0 Å². The van der Waals surface area contributed by atoms with Gasteiger partial charge in [0.1, 0.15) is 6.54 Å². The topological polar surface area (TPSA) is 51.2 Å². The summed E-state index contributed by atoms with van der Waals surface area (Å²) in [4.78, 5) is 22.6. The van der Waals surface area contributed by atoms with Crippen molar-refractivity contribution in [1.82, 2.24) is 20.0 Å². The summed E-state index contributed by atoms with van der Waals surface area (Å²) in [5, 5.41) is 3.38. The second-order valence-corrected chi connectivity index (χ2v) is 6.54. The van der Waals surface area contributed by atoms with Gasteiger partial charge in [0.05, 0.1) is 0 Å². The monoisotopic (exact) mass is 439 g/mol. The molecule has 6 nitrogen and oxygen atoms in total. The number of halogens is 1. The Morgan fingerprint density at radius 3 is 2.30 bits per heavy atom. The minimum atomic E-state index is 0. The van der Waals surface area contributed by atoms with Crippen molar-refractivity contribution >= 4 is 35.8 Å². The van der Waals surface area contributed by atoms with Crippen LogP contribution in [0.2, 0.25) is 0 Å². The number of carbonyl (C=O) groups is 1. The SMILES string of the molecule is CCCNC(=NCC(=O)N(C)C)N1CCN(CC(C)C)CC1.I. The minimum absolute atomic E-state index is 0. The normalized spacial score (nSPS) is 16.3. The Kier molecular flexibility index (Phi) is 11.6. The van der Waals surface area contributed by atoms with Gasteiger partial charge in [0, 0.05) is 53.4 Å². The van der Waals surface area contributed by atoms with Crippen LogP contribution in [0.5, 0.6) is 0 Å². The van der Waals surface area contributed by atoms with Crippen LogP contribution >= 0.6 is 24.0 Å². The first-order chi connectivity index (χ1) is 10.4. The highest BCUT2D eigenvalue weighted by molar-refractivity contribution is 14.0. The van der Waals surface area contributed by atoms with Gasteiger partial charge < -0.3 is 15.1 Å². The largest absolute Gasteiger partial charge is 0.356 e. The van der Waals surface area contributed by atoms with Crippen molar-refractivity contribution in [1.29, 1.82) is 0 Å². The molecule has 136 valence electrons. The molecule has 7 heteroatoms. The third-order valence-corrected chi connectivity index (χ3v) is 3.69. The zero-order valence-electron chi connectivity index (χ0n) is 15.3. The van der Waals surface area contributed by atoms with Crippen LogP contribution in [0.4, 0.5) is 0 Å². The maximum atomic E-state index is 11.7. The van der Waals surface area contributed by atoms with Crippen molar-refractivity contribution in [3.63, 3.8) is 0 Å². The van der Waals surface area contributed by atoms with Crippen molar-refractivity contribution in [2.75, 3.05) is 59.9 Å². The number of aliphatic imine (C=N–C) groups is 1. The molecule has 1 fully saturated rings. The first-order valence-corrected chi connectivity index (χ1v) is 8.39. The summed E-state index contributed by atoms with van der Waals surface area (Å²) in [5.41, 5.74) is 0. The van der Waals surface area contributed by atoms with E-state index in [0.29, 0.717) is 5.92 Å². The number of nitrogens with one attached hydrogen (secondary N) is 1. The van der Waals surface area contributed by atoms with Gasteiger partial charge in [0.2, 0.25) is 5.91 Å². The molecule has 1 N–H and O–H groups in total. The van der Waals surface area contributed by atoms with E-state index >= 15 is 0 Å². The van der Waals surface area contributed by atoms with Crippen molar-refractivity contribution in [2.45, 2.75) is 27.2 Å². The number of rotatable bonds is 6. The number of likely N-dealkylation sites (N-methyl/N-ethyl adjacent to an activating group) is 1. The highest BCUT2D eigenvalue weighted by Gasteiger charge is 2.20. The van der Waals surface area contributed by atoms with Crippen LogP contribution in [0, 0.1) is 5.92 Å². The molecule has 0 atom stereocenters. The molecule has 0 aromatic rings. The highest BCUT2D eigenvalue weighted by Crippen LogP contribution is 2.05. The number of guanidine groups is 1. The third-order valence-electron chi connectivity index (χ3n) is 3.69. The molecule has 0 spiro atoms. The van der Waals surface area contributed by atoms with E-state index in [1.807, 2.05) is 0 Å². The van der Waals surface area contributed by atoms with E-state index in [-0.39, 0.29) is 36.4 Å². The molecule has 0 radical (unpaired) electrons. The first-order valence-electron chi connectivity index (χ1n) is 8.39. The van der Waals surface area contributed by atoms with Crippen molar-refractivity contribution in [3.8, 4) is 0 Å². The zero-order valence-corrected chi connectivity index (χ0v) is 17.7. The van der Waals surface area contributed by atoms with Gasteiger partial charge in [0.25, 0.3) is 0 Å². The average Bonchev–Trinajstić information content (AvgIpc) is 2.47. The van der Waals surface area contributed by atoms with Gasteiger partial charge in [-0.1, -0.05) is 20.8 Å². The van der Waals surface area contributed by atoms with Gasteiger partial charge in [-0.3, -0.25) is 9.69 Å². The first kappa shape index (κ1) is 22.4. The molecule has 0 aliphatic carbocycles. The van der Waals surface area contributed by atoms with Crippen LogP contribution in [-0.4, -0.2) is 86.5 Å². The van der Waals surface area contributed by atoms with Gasteiger partial charge in [-0.15, -0.1) is 24.0 Å². The smallest absolute Gasteiger partial charge is 0.243 e. The van der Waals surface area contributed by atoms with E-state index < -0.39 is 0 Å². The number of amides is 1. The lowest BCUT2D eigenvalue weighted by Crippen LogP contribution is -2.53. The Morgan fingerprint density at radius 2 is 1.83 bits per heavy atom. The summed E-state index contributed by atoms with van der Waals surface area (Å²) in [6.07, 6.45) is 1.05. The summed E-state index contributed by atoms with van der Waals surface area (Å²) < 4.78 is 0. The molecule has 0 aromatic heterocycles. The molecule has 0 aromatic carbocycles. The Labute approximate surface area is 158 Å². The van der Waals surface area contributed by atoms with E-state index in [2.05, 4.69) is 40.9 Å². The van der Waals surface area contributed by atoms with Crippen LogP contribution in [0.25, 0.3) is 0 Å². The van der Waals surface area contributed by atoms with Crippen molar-refractivity contribution in [2.24, 2.45) is 10.9 Å². The van der Waals surface area contributed by atoms with Gasteiger partial charge in [0.15, 0.2) is 5.96 Å². The van der Waals surface area contributed by atoms with Crippen LogP contribution in [0.3, 0.4) is 0 Å². The predicted molar refractivity (Wildman–Crippen MR) is 108 cm³/mol. The maximum absolute atomic E-state index is 11.7. The number of nitrogens with zero attached hydrogens (tertiary/aromatic N) is 4. The number of carbonyl (C=O) groups excluding carboxylic acids is 1. The van der Waals surface area contributed by atoms with Crippen LogP contribution in [-0.2, 0) is 4.79 Å². The third kappa shape index (κ3) is 8.74. The van der Waals surface area contributed by atoms with Crippen molar-refractivity contribution < 1.29 is 4.79 Å². The fourth-order valence-corrected chi connectivity index (χ4v) is 2.45. The molecule has 1 aliphatic rings. The number of hydrogen-bond donors (Lipinski definition) is 1. The fraction of sp³-hybridized carbons (Fsp3) is 0.875. The molecule has 1 aliphatic heterocycles. The quantitative estimate of drug-likeness (QED) is 0.386. The van der Waals surface area contributed by atoms with E-state index in [4.69, 9.17) is 0 Å². The van der Waals surface area contributed by atoms with E-state index in [1.165, 1.54) is 0 Å². The maximum Gasteiger partial charge on any atom is 0.243 e. The molecule has 1 amide bonds. The Bertz CT molecular complexity index is 365. The molecular weight excluding hydrogens is 405 g/mol. The Hall–Kier alpha value is -0.570. The molecule has 1 rings (SSSR count). The van der Waals surface area contributed by atoms with Crippen LogP contribution < -0.4 is 5.32 Å². The van der Waals surface area contributed by atoms with Gasteiger partial charge in [-0.25, -0.2) is 4.99 Å². The Balaban J connectivity index is 0.00000484. The van der Waals surface area contributed by atoms with Crippen LogP contribution in [0.1, 0.15) is 27.2 Å². The molecule has 0 bridgehead atoms. The Morgan fingerprint density at radius 1 is 1.22 bits per heavy atom. The minimum Gasteiger partial charge on any atom is -0.356 e. The molecule has 1 heterocycles. The second kappa shape index (κ2) is 11.9. The lowest BCUT2D eigenvalue weighted by Gasteiger charge is -2.37. The molecule has 0 saturated carbocycles. The summed E-state index contributed by atoms with van der Waals surface area (Å²) in [5.74, 6) is 1.62. The number of piperazine rings is 1. The lowest BCUT2D eigenvalue weighted by atomic mass is 10.2. The summed E-state index contributed by atoms with van der Waals surface area (Å²) in [6, 6.07) is 0. The van der Waals surface area contributed by atoms with E-state index in [0.717, 1.165) is 51.6 Å². The zero-order chi connectivity index (χ0) is 16.5.